The van der Waals surface area contributed by atoms with Crippen LogP contribution in [0.2, 0.25) is 0 Å². The predicted molar refractivity (Wildman–Crippen MR) is 119 cm³/mol. The van der Waals surface area contributed by atoms with Gasteiger partial charge < -0.3 is 15.0 Å². The standard InChI is InChI=1S/C24H25N3O4/c1-3-18-15-23(30)27-24(26-18)17-6-5-7-19(14-17)25-22(29)13-12-21(28)16-8-10-20(11-9-16)31-4-2/h5-11,14-15H,3-4,12-13H2,1-2H3,(H,25,29)(H,26,27,30). The van der Waals surface area contributed by atoms with Gasteiger partial charge in [-0.15, -0.1) is 0 Å². The quantitative estimate of drug-likeness (QED) is 0.511. The number of nitrogens with one attached hydrogen (secondary N) is 2. The fourth-order valence-electron chi connectivity index (χ4n) is 3.07. The zero-order valence-electron chi connectivity index (χ0n) is 17.6. The molecule has 0 aliphatic rings. The second-order valence-corrected chi connectivity index (χ2v) is 6.95. The molecule has 1 amide bonds. The van der Waals surface area contributed by atoms with Crippen molar-refractivity contribution in [3.8, 4) is 17.1 Å². The Kier molecular flexibility index (Phi) is 7.32. The summed E-state index contributed by atoms with van der Waals surface area (Å²) in [7, 11) is 0. The van der Waals surface area contributed by atoms with E-state index in [1.807, 2.05) is 19.9 Å². The number of aryl methyl sites for hydroxylation is 1. The van der Waals surface area contributed by atoms with Crippen LogP contribution in [-0.2, 0) is 11.2 Å². The van der Waals surface area contributed by atoms with Gasteiger partial charge >= 0.3 is 0 Å². The average Bonchev–Trinajstić information content (AvgIpc) is 2.78. The van der Waals surface area contributed by atoms with Gasteiger partial charge in [-0.2, -0.15) is 0 Å². The first kappa shape index (κ1) is 22.0. The van der Waals surface area contributed by atoms with Gasteiger partial charge in [-0.25, -0.2) is 4.98 Å². The van der Waals surface area contributed by atoms with E-state index in [9.17, 15) is 14.4 Å². The largest absolute Gasteiger partial charge is 0.494 e. The number of nitrogens with zero attached hydrogens (tertiary/aromatic N) is 1. The Hall–Kier alpha value is -3.74. The molecule has 160 valence electrons. The van der Waals surface area contributed by atoms with Gasteiger partial charge in [0.2, 0.25) is 5.91 Å². The minimum atomic E-state index is -0.264. The molecule has 0 fully saturated rings. The number of carbonyl (C=O) groups is 2. The molecule has 0 saturated heterocycles. The summed E-state index contributed by atoms with van der Waals surface area (Å²) in [4.78, 5) is 43.6. The Morgan fingerprint density at radius 3 is 2.52 bits per heavy atom. The Labute approximate surface area is 180 Å². The van der Waals surface area contributed by atoms with E-state index < -0.39 is 0 Å². The van der Waals surface area contributed by atoms with Crippen LogP contribution in [0.25, 0.3) is 11.4 Å². The monoisotopic (exact) mass is 419 g/mol. The van der Waals surface area contributed by atoms with Crippen molar-refractivity contribution >= 4 is 17.4 Å². The topological polar surface area (TPSA) is 101 Å². The highest BCUT2D eigenvalue weighted by molar-refractivity contribution is 6.00. The molecule has 0 aliphatic heterocycles. The van der Waals surface area contributed by atoms with Crippen LogP contribution in [0.15, 0.2) is 59.4 Å². The molecule has 7 nitrogen and oxygen atoms in total. The van der Waals surface area contributed by atoms with E-state index in [0.717, 1.165) is 0 Å². The summed E-state index contributed by atoms with van der Waals surface area (Å²) in [5.41, 5.74) is 2.28. The molecule has 2 aromatic carbocycles. The van der Waals surface area contributed by atoms with E-state index >= 15 is 0 Å². The number of carbonyl (C=O) groups excluding carboxylic acids is 2. The molecule has 3 aromatic rings. The molecular formula is C24H25N3O4. The molecular weight excluding hydrogens is 394 g/mol. The van der Waals surface area contributed by atoms with Crippen molar-refractivity contribution in [1.82, 2.24) is 9.97 Å². The van der Waals surface area contributed by atoms with Gasteiger partial charge in [0.25, 0.3) is 5.56 Å². The van der Waals surface area contributed by atoms with Gasteiger partial charge in [-0.3, -0.25) is 14.4 Å². The van der Waals surface area contributed by atoms with Crippen molar-refractivity contribution in [2.75, 3.05) is 11.9 Å². The SMILES string of the molecule is CCOc1ccc(C(=O)CCC(=O)Nc2cccc(-c3nc(CC)cc(=O)[nH]3)c2)cc1. The fraction of sp³-hybridized carbons (Fsp3) is 0.250. The summed E-state index contributed by atoms with van der Waals surface area (Å²) >= 11 is 0. The Balaban J connectivity index is 1.61. The summed E-state index contributed by atoms with van der Waals surface area (Å²) in [5, 5.41) is 2.80. The van der Waals surface area contributed by atoms with E-state index in [1.165, 1.54) is 6.07 Å². The second-order valence-electron chi connectivity index (χ2n) is 6.95. The van der Waals surface area contributed by atoms with E-state index in [-0.39, 0.29) is 30.1 Å². The molecule has 0 spiro atoms. The lowest BCUT2D eigenvalue weighted by Gasteiger charge is -2.08. The van der Waals surface area contributed by atoms with Crippen LogP contribution in [0.3, 0.4) is 0 Å². The second kappa shape index (κ2) is 10.3. The highest BCUT2D eigenvalue weighted by Crippen LogP contribution is 2.20. The van der Waals surface area contributed by atoms with Crippen LogP contribution in [0, 0.1) is 0 Å². The summed E-state index contributed by atoms with van der Waals surface area (Å²) in [5.74, 6) is 0.786. The lowest BCUT2D eigenvalue weighted by Crippen LogP contribution is -2.14. The number of anilines is 1. The van der Waals surface area contributed by atoms with Crippen LogP contribution >= 0.6 is 0 Å². The molecule has 0 radical (unpaired) electrons. The summed E-state index contributed by atoms with van der Waals surface area (Å²) in [6, 6.07) is 15.4. The van der Waals surface area contributed by atoms with Gasteiger partial charge in [0, 0.05) is 41.4 Å². The lowest BCUT2D eigenvalue weighted by atomic mass is 10.1. The first-order chi connectivity index (χ1) is 15.0. The summed E-state index contributed by atoms with van der Waals surface area (Å²) < 4.78 is 5.37. The smallest absolute Gasteiger partial charge is 0.251 e. The normalized spacial score (nSPS) is 10.5. The molecule has 3 rings (SSSR count). The summed E-state index contributed by atoms with van der Waals surface area (Å²) in [6.45, 7) is 4.38. The molecule has 7 heteroatoms. The highest BCUT2D eigenvalue weighted by Gasteiger charge is 2.11. The average molecular weight is 419 g/mol. The number of hydrogen-bond acceptors (Lipinski definition) is 5. The minimum absolute atomic E-state index is 0.0661. The number of aromatic nitrogens is 2. The van der Waals surface area contributed by atoms with Crippen molar-refractivity contribution in [3.63, 3.8) is 0 Å². The number of H-pyrrole nitrogens is 1. The molecule has 1 heterocycles. The number of Topliss-reactive ketones (excluding diaryl/α,β-unsaturated/α-hetero) is 1. The van der Waals surface area contributed by atoms with Crippen LogP contribution in [0.1, 0.15) is 42.7 Å². The Morgan fingerprint density at radius 2 is 1.81 bits per heavy atom. The highest BCUT2D eigenvalue weighted by atomic mass is 16.5. The minimum Gasteiger partial charge on any atom is -0.494 e. The third kappa shape index (κ3) is 6.12. The number of rotatable bonds is 9. The molecule has 0 atom stereocenters. The van der Waals surface area contributed by atoms with Gasteiger partial charge in [-0.1, -0.05) is 19.1 Å². The first-order valence-corrected chi connectivity index (χ1v) is 10.2. The Morgan fingerprint density at radius 1 is 1.03 bits per heavy atom. The number of amides is 1. The molecule has 2 N–H and O–H groups in total. The number of ether oxygens (including phenoxy) is 1. The Bertz CT molecular complexity index is 1120. The predicted octanol–water partition coefficient (Wildman–Crippen LogP) is 4.00. The van der Waals surface area contributed by atoms with Crippen LogP contribution in [0.4, 0.5) is 5.69 Å². The molecule has 0 bridgehead atoms. The van der Waals surface area contributed by atoms with Gasteiger partial charge in [0.15, 0.2) is 5.78 Å². The van der Waals surface area contributed by atoms with Crippen molar-refractivity contribution in [2.45, 2.75) is 33.1 Å². The number of ketones is 1. The molecule has 0 unspecified atom stereocenters. The zero-order valence-corrected chi connectivity index (χ0v) is 17.6. The third-order valence-electron chi connectivity index (χ3n) is 4.64. The lowest BCUT2D eigenvalue weighted by molar-refractivity contribution is -0.116. The molecule has 0 saturated carbocycles. The van der Waals surface area contributed by atoms with E-state index in [0.29, 0.717) is 47.1 Å². The maximum Gasteiger partial charge on any atom is 0.251 e. The molecule has 1 aromatic heterocycles. The number of aromatic amines is 1. The van der Waals surface area contributed by atoms with Crippen molar-refractivity contribution in [1.29, 1.82) is 0 Å². The van der Waals surface area contributed by atoms with Crippen molar-refractivity contribution in [2.24, 2.45) is 0 Å². The summed E-state index contributed by atoms with van der Waals surface area (Å²) in [6.07, 6.45) is 0.819. The number of benzene rings is 2. The van der Waals surface area contributed by atoms with Gasteiger partial charge in [-0.05, 0) is 49.7 Å². The van der Waals surface area contributed by atoms with E-state index in [1.54, 1.807) is 42.5 Å². The maximum absolute atomic E-state index is 12.3. The van der Waals surface area contributed by atoms with Crippen LogP contribution < -0.4 is 15.6 Å². The van der Waals surface area contributed by atoms with Gasteiger partial charge in [0.05, 0.1) is 6.61 Å². The van der Waals surface area contributed by atoms with E-state index in [4.69, 9.17) is 4.74 Å². The maximum atomic E-state index is 12.3. The third-order valence-corrected chi connectivity index (χ3v) is 4.64. The van der Waals surface area contributed by atoms with E-state index in [2.05, 4.69) is 15.3 Å². The van der Waals surface area contributed by atoms with Crippen LogP contribution in [0.5, 0.6) is 5.75 Å². The van der Waals surface area contributed by atoms with Gasteiger partial charge in [0.1, 0.15) is 11.6 Å². The van der Waals surface area contributed by atoms with Crippen LogP contribution in [-0.4, -0.2) is 28.3 Å². The van der Waals surface area contributed by atoms with Crippen molar-refractivity contribution in [3.05, 3.63) is 76.2 Å². The van der Waals surface area contributed by atoms with Crippen molar-refractivity contribution < 1.29 is 14.3 Å². The fourth-order valence-corrected chi connectivity index (χ4v) is 3.07. The molecule has 31 heavy (non-hydrogen) atoms. The first-order valence-electron chi connectivity index (χ1n) is 10.2. The molecule has 0 aliphatic carbocycles. The zero-order chi connectivity index (χ0) is 22.2. The number of hydrogen-bond donors (Lipinski definition) is 2.